The molecule has 1 aromatic carbocycles. The van der Waals surface area contributed by atoms with Crippen LogP contribution < -0.4 is 0 Å². The van der Waals surface area contributed by atoms with E-state index in [0.29, 0.717) is 24.3 Å². The standard InChI is InChI=1S/C16H23NO3S/c1-4-9-16(12-18)10-14(3)17(11-16)21(19,20)15-7-5-13(2)6-8-15/h4-8,14,18H,1,9-12H2,2-3H3. The molecule has 2 atom stereocenters. The topological polar surface area (TPSA) is 57.6 Å². The maximum Gasteiger partial charge on any atom is 0.243 e. The number of benzene rings is 1. The molecule has 1 aromatic rings. The number of nitrogens with zero attached hydrogens (tertiary/aromatic N) is 1. The van der Waals surface area contributed by atoms with Crippen molar-refractivity contribution in [3.8, 4) is 0 Å². The van der Waals surface area contributed by atoms with Crippen LogP contribution >= 0.6 is 0 Å². The van der Waals surface area contributed by atoms with Crippen LogP contribution in [0, 0.1) is 12.3 Å². The van der Waals surface area contributed by atoms with E-state index < -0.39 is 15.4 Å². The minimum Gasteiger partial charge on any atom is -0.396 e. The minimum atomic E-state index is -3.52. The second-order valence-corrected chi connectivity index (χ2v) is 7.96. The van der Waals surface area contributed by atoms with Crippen LogP contribution in [0.5, 0.6) is 0 Å². The highest BCUT2D eigenvalue weighted by molar-refractivity contribution is 7.89. The zero-order valence-corrected chi connectivity index (χ0v) is 13.4. The SMILES string of the molecule is C=CCC1(CO)CC(C)N(S(=O)(=O)c2ccc(C)cc2)C1. The predicted molar refractivity (Wildman–Crippen MR) is 83.5 cm³/mol. The summed E-state index contributed by atoms with van der Waals surface area (Å²) in [5.74, 6) is 0. The summed E-state index contributed by atoms with van der Waals surface area (Å²) in [5, 5.41) is 9.69. The second-order valence-electron chi connectivity index (χ2n) is 6.07. The molecular weight excluding hydrogens is 286 g/mol. The van der Waals surface area contributed by atoms with E-state index in [-0.39, 0.29) is 12.6 Å². The van der Waals surface area contributed by atoms with Gasteiger partial charge < -0.3 is 5.11 Å². The molecule has 5 heteroatoms. The fraction of sp³-hybridized carbons (Fsp3) is 0.500. The monoisotopic (exact) mass is 309 g/mol. The number of rotatable bonds is 5. The first kappa shape index (κ1) is 16.2. The zero-order chi connectivity index (χ0) is 15.7. The van der Waals surface area contributed by atoms with Crippen molar-refractivity contribution >= 4 is 10.0 Å². The first-order chi connectivity index (χ1) is 9.84. The molecule has 116 valence electrons. The molecular formula is C16H23NO3S. The van der Waals surface area contributed by atoms with Crippen molar-refractivity contribution in [2.75, 3.05) is 13.2 Å². The van der Waals surface area contributed by atoms with E-state index in [9.17, 15) is 13.5 Å². The molecule has 0 bridgehead atoms. The average molecular weight is 309 g/mol. The highest BCUT2D eigenvalue weighted by Crippen LogP contribution is 2.40. The van der Waals surface area contributed by atoms with E-state index >= 15 is 0 Å². The Balaban J connectivity index is 2.32. The molecule has 1 heterocycles. The molecule has 0 amide bonds. The normalized spacial score (nSPS) is 26.9. The van der Waals surface area contributed by atoms with Gasteiger partial charge in [0.2, 0.25) is 10.0 Å². The van der Waals surface area contributed by atoms with E-state index in [4.69, 9.17) is 0 Å². The van der Waals surface area contributed by atoms with Crippen molar-refractivity contribution < 1.29 is 13.5 Å². The van der Waals surface area contributed by atoms with Crippen LogP contribution in [-0.2, 0) is 10.0 Å². The van der Waals surface area contributed by atoms with Crippen LogP contribution in [0.1, 0.15) is 25.3 Å². The fourth-order valence-corrected chi connectivity index (χ4v) is 4.82. The van der Waals surface area contributed by atoms with Gasteiger partial charge in [-0.15, -0.1) is 6.58 Å². The van der Waals surface area contributed by atoms with Gasteiger partial charge in [0.05, 0.1) is 11.5 Å². The van der Waals surface area contributed by atoms with Gasteiger partial charge in [-0.05, 0) is 38.8 Å². The summed E-state index contributed by atoms with van der Waals surface area (Å²) >= 11 is 0. The van der Waals surface area contributed by atoms with Crippen molar-refractivity contribution in [2.45, 2.75) is 37.6 Å². The van der Waals surface area contributed by atoms with Gasteiger partial charge in [-0.2, -0.15) is 4.31 Å². The lowest BCUT2D eigenvalue weighted by molar-refractivity contribution is 0.139. The molecule has 0 aromatic heterocycles. The van der Waals surface area contributed by atoms with Crippen molar-refractivity contribution in [1.29, 1.82) is 0 Å². The summed E-state index contributed by atoms with van der Waals surface area (Å²) in [5.41, 5.74) is 0.624. The van der Waals surface area contributed by atoms with Crippen LogP contribution in [0.3, 0.4) is 0 Å². The number of aliphatic hydroxyl groups is 1. The smallest absolute Gasteiger partial charge is 0.243 e. The summed E-state index contributed by atoms with van der Waals surface area (Å²) in [6.07, 6.45) is 3.03. The molecule has 1 saturated heterocycles. The summed E-state index contributed by atoms with van der Waals surface area (Å²) in [6.45, 7) is 7.86. The lowest BCUT2D eigenvalue weighted by Crippen LogP contribution is -2.36. The van der Waals surface area contributed by atoms with E-state index in [1.165, 1.54) is 4.31 Å². The number of hydrogen-bond donors (Lipinski definition) is 1. The van der Waals surface area contributed by atoms with Gasteiger partial charge >= 0.3 is 0 Å². The lowest BCUT2D eigenvalue weighted by atomic mass is 9.83. The molecule has 0 radical (unpaired) electrons. The number of aliphatic hydroxyl groups excluding tert-OH is 1. The van der Waals surface area contributed by atoms with Gasteiger partial charge in [0.15, 0.2) is 0 Å². The molecule has 1 aliphatic rings. The number of aryl methyl sites for hydroxylation is 1. The second kappa shape index (κ2) is 5.91. The van der Waals surface area contributed by atoms with Crippen LogP contribution in [0.25, 0.3) is 0 Å². The van der Waals surface area contributed by atoms with Gasteiger partial charge in [-0.25, -0.2) is 8.42 Å². The van der Waals surface area contributed by atoms with Gasteiger partial charge in [-0.1, -0.05) is 23.8 Å². The molecule has 1 fully saturated rings. The first-order valence-corrected chi connectivity index (χ1v) is 8.59. The van der Waals surface area contributed by atoms with Crippen LogP contribution in [-0.4, -0.2) is 37.0 Å². The van der Waals surface area contributed by atoms with Crippen molar-refractivity contribution in [1.82, 2.24) is 4.31 Å². The highest BCUT2D eigenvalue weighted by Gasteiger charge is 2.46. The van der Waals surface area contributed by atoms with Crippen molar-refractivity contribution in [2.24, 2.45) is 5.41 Å². The summed E-state index contributed by atoms with van der Waals surface area (Å²) in [6, 6.07) is 6.77. The Labute approximate surface area is 127 Å². The largest absolute Gasteiger partial charge is 0.396 e. The molecule has 1 aliphatic heterocycles. The number of allylic oxidation sites excluding steroid dienone is 1. The molecule has 2 unspecified atom stereocenters. The molecule has 0 spiro atoms. The molecule has 21 heavy (non-hydrogen) atoms. The molecule has 1 N–H and O–H groups in total. The Bertz CT molecular complexity index is 609. The summed E-state index contributed by atoms with van der Waals surface area (Å²) in [7, 11) is -3.52. The van der Waals surface area contributed by atoms with Gasteiger partial charge in [-0.3, -0.25) is 0 Å². The Morgan fingerprint density at radius 2 is 2.05 bits per heavy atom. The minimum absolute atomic E-state index is 0.0245. The van der Waals surface area contributed by atoms with Crippen LogP contribution in [0.15, 0.2) is 41.8 Å². The van der Waals surface area contributed by atoms with E-state index in [2.05, 4.69) is 6.58 Å². The van der Waals surface area contributed by atoms with E-state index in [0.717, 1.165) is 5.56 Å². The zero-order valence-electron chi connectivity index (χ0n) is 12.6. The molecule has 0 saturated carbocycles. The Morgan fingerprint density at radius 1 is 1.43 bits per heavy atom. The van der Waals surface area contributed by atoms with E-state index in [1.54, 1.807) is 30.3 Å². The van der Waals surface area contributed by atoms with Crippen molar-refractivity contribution in [3.63, 3.8) is 0 Å². The molecule has 0 aliphatic carbocycles. The Kier molecular flexibility index (Phi) is 4.56. The predicted octanol–water partition coefficient (Wildman–Crippen LogP) is 2.33. The van der Waals surface area contributed by atoms with Crippen LogP contribution in [0.2, 0.25) is 0 Å². The van der Waals surface area contributed by atoms with Gasteiger partial charge in [0, 0.05) is 18.0 Å². The molecule has 4 nitrogen and oxygen atoms in total. The third-order valence-electron chi connectivity index (χ3n) is 4.25. The summed E-state index contributed by atoms with van der Waals surface area (Å²) < 4.78 is 27.1. The fourth-order valence-electron chi connectivity index (χ4n) is 3.08. The average Bonchev–Trinajstić information content (AvgIpc) is 2.78. The third kappa shape index (κ3) is 3.05. The maximum absolute atomic E-state index is 12.8. The number of hydrogen-bond acceptors (Lipinski definition) is 3. The van der Waals surface area contributed by atoms with Gasteiger partial charge in [0.1, 0.15) is 0 Å². The quantitative estimate of drug-likeness (QED) is 0.849. The highest BCUT2D eigenvalue weighted by atomic mass is 32.2. The first-order valence-electron chi connectivity index (χ1n) is 7.15. The molecule has 2 rings (SSSR count). The van der Waals surface area contributed by atoms with Crippen molar-refractivity contribution in [3.05, 3.63) is 42.5 Å². The van der Waals surface area contributed by atoms with E-state index in [1.807, 2.05) is 13.8 Å². The van der Waals surface area contributed by atoms with Crippen LogP contribution in [0.4, 0.5) is 0 Å². The third-order valence-corrected chi connectivity index (χ3v) is 6.23. The Hall–Kier alpha value is -1.17. The lowest BCUT2D eigenvalue weighted by Gasteiger charge is -2.25. The number of sulfonamides is 1. The summed E-state index contributed by atoms with van der Waals surface area (Å²) in [4.78, 5) is 0.312. The van der Waals surface area contributed by atoms with Gasteiger partial charge in [0.25, 0.3) is 0 Å². The Morgan fingerprint density at radius 3 is 2.57 bits per heavy atom. The maximum atomic E-state index is 12.8.